The summed E-state index contributed by atoms with van der Waals surface area (Å²) in [4.78, 5) is 2.28. The largest absolute Gasteiger partial charge is 0.361 e. The molecular formula is C16H28N4O3S. The highest BCUT2D eigenvalue weighted by atomic mass is 32.2. The van der Waals surface area contributed by atoms with Gasteiger partial charge in [-0.15, -0.1) is 0 Å². The molecule has 2 aliphatic heterocycles. The highest BCUT2D eigenvalue weighted by Gasteiger charge is 2.34. The lowest BCUT2D eigenvalue weighted by molar-refractivity contribution is 0.169. The third-order valence-corrected chi connectivity index (χ3v) is 7.17. The van der Waals surface area contributed by atoms with E-state index in [2.05, 4.69) is 17.0 Å². The highest BCUT2D eigenvalue weighted by Crippen LogP contribution is 2.22. The van der Waals surface area contributed by atoms with Crippen LogP contribution >= 0.6 is 0 Å². The summed E-state index contributed by atoms with van der Waals surface area (Å²) >= 11 is 0. The van der Waals surface area contributed by atoms with Crippen molar-refractivity contribution >= 4 is 10.2 Å². The molecule has 1 aromatic rings. The molecule has 136 valence electrons. The van der Waals surface area contributed by atoms with Gasteiger partial charge >= 0.3 is 0 Å². The Hall–Kier alpha value is -0.960. The molecule has 1 aromatic heterocycles. The molecule has 0 saturated carbocycles. The standard InChI is InChI=1S/C16H28N4O3S/c1-13-5-4-6-20(11-13)24(21,22)19-9-7-18(8-10-19)12-16-14(2)17-23-15(16)3/h13H,4-12H2,1-3H3/t13-/m1/s1. The van der Waals surface area contributed by atoms with Crippen LogP contribution in [-0.2, 0) is 16.8 Å². The van der Waals surface area contributed by atoms with Gasteiger partial charge in [0, 0.05) is 51.4 Å². The van der Waals surface area contributed by atoms with Crippen LogP contribution in [0.15, 0.2) is 4.52 Å². The van der Waals surface area contributed by atoms with Gasteiger partial charge in [-0.1, -0.05) is 12.1 Å². The molecule has 2 aliphatic rings. The number of hydrogen-bond acceptors (Lipinski definition) is 5. The maximum atomic E-state index is 12.8. The molecule has 3 rings (SSSR count). The van der Waals surface area contributed by atoms with Crippen LogP contribution in [0.2, 0.25) is 0 Å². The van der Waals surface area contributed by atoms with Crippen LogP contribution in [0.25, 0.3) is 0 Å². The fourth-order valence-electron chi connectivity index (χ4n) is 3.59. The molecule has 0 unspecified atom stereocenters. The van der Waals surface area contributed by atoms with Gasteiger partial charge in [0.2, 0.25) is 0 Å². The van der Waals surface area contributed by atoms with E-state index >= 15 is 0 Å². The molecule has 7 nitrogen and oxygen atoms in total. The molecule has 1 atom stereocenters. The van der Waals surface area contributed by atoms with Crippen molar-refractivity contribution in [2.75, 3.05) is 39.3 Å². The third-order valence-electron chi connectivity index (χ3n) is 5.17. The molecule has 0 aromatic carbocycles. The minimum absolute atomic E-state index is 0.453. The Kier molecular flexibility index (Phi) is 5.29. The van der Waals surface area contributed by atoms with Crippen LogP contribution in [0.1, 0.15) is 36.8 Å². The number of rotatable bonds is 4. The van der Waals surface area contributed by atoms with Gasteiger partial charge in [0.1, 0.15) is 5.76 Å². The van der Waals surface area contributed by atoms with Crippen molar-refractivity contribution in [3.05, 3.63) is 17.0 Å². The second kappa shape index (κ2) is 7.11. The lowest BCUT2D eigenvalue weighted by atomic mass is 10.0. The predicted molar refractivity (Wildman–Crippen MR) is 91.7 cm³/mol. The maximum Gasteiger partial charge on any atom is 0.282 e. The lowest BCUT2D eigenvalue weighted by Gasteiger charge is -2.38. The van der Waals surface area contributed by atoms with E-state index in [1.807, 2.05) is 13.8 Å². The van der Waals surface area contributed by atoms with Gasteiger partial charge in [0.05, 0.1) is 5.69 Å². The molecule has 0 spiro atoms. The molecule has 0 amide bonds. The molecule has 0 aliphatic carbocycles. The van der Waals surface area contributed by atoms with E-state index < -0.39 is 10.2 Å². The van der Waals surface area contributed by atoms with E-state index in [0.717, 1.165) is 49.5 Å². The third kappa shape index (κ3) is 3.66. The number of aryl methyl sites for hydroxylation is 2. The SMILES string of the molecule is Cc1noc(C)c1CN1CCN(S(=O)(=O)N2CCC[C@@H](C)C2)CC1. The van der Waals surface area contributed by atoms with E-state index in [9.17, 15) is 8.42 Å². The summed E-state index contributed by atoms with van der Waals surface area (Å²) in [6.45, 7) is 10.7. The summed E-state index contributed by atoms with van der Waals surface area (Å²) in [7, 11) is -3.31. The highest BCUT2D eigenvalue weighted by molar-refractivity contribution is 7.86. The van der Waals surface area contributed by atoms with Gasteiger partial charge in [-0.3, -0.25) is 4.90 Å². The zero-order valence-corrected chi connectivity index (χ0v) is 15.7. The van der Waals surface area contributed by atoms with Gasteiger partial charge in [0.25, 0.3) is 10.2 Å². The van der Waals surface area contributed by atoms with E-state index in [-0.39, 0.29) is 0 Å². The van der Waals surface area contributed by atoms with Crippen LogP contribution in [0, 0.1) is 19.8 Å². The van der Waals surface area contributed by atoms with Crippen molar-refractivity contribution in [1.82, 2.24) is 18.7 Å². The first-order chi connectivity index (χ1) is 11.4. The molecule has 0 N–H and O–H groups in total. The van der Waals surface area contributed by atoms with Gasteiger partial charge in [0.15, 0.2) is 0 Å². The second-order valence-electron chi connectivity index (χ2n) is 7.09. The minimum atomic E-state index is -3.31. The summed E-state index contributed by atoms with van der Waals surface area (Å²) < 4.78 is 34.2. The molecule has 0 radical (unpaired) electrons. The average Bonchev–Trinajstić information content (AvgIpc) is 2.87. The first-order valence-corrected chi connectivity index (χ1v) is 10.2. The van der Waals surface area contributed by atoms with Crippen molar-refractivity contribution in [3.63, 3.8) is 0 Å². The zero-order valence-electron chi connectivity index (χ0n) is 14.9. The monoisotopic (exact) mass is 356 g/mol. The van der Waals surface area contributed by atoms with Crippen LogP contribution in [0.4, 0.5) is 0 Å². The average molecular weight is 356 g/mol. The van der Waals surface area contributed by atoms with E-state index in [1.165, 1.54) is 0 Å². The number of piperidine rings is 1. The Morgan fingerprint density at radius 3 is 2.42 bits per heavy atom. The lowest BCUT2D eigenvalue weighted by Crippen LogP contribution is -2.54. The van der Waals surface area contributed by atoms with Crippen molar-refractivity contribution in [1.29, 1.82) is 0 Å². The van der Waals surface area contributed by atoms with Crippen LogP contribution < -0.4 is 0 Å². The van der Waals surface area contributed by atoms with Gasteiger partial charge < -0.3 is 4.52 Å². The van der Waals surface area contributed by atoms with Crippen LogP contribution in [0.5, 0.6) is 0 Å². The summed E-state index contributed by atoms with van der Waals surface area (Å²) in [6.07, 6.45) is 2.09. The van der Waals surface area contributed by atoms with E-state index in [4.69, 9.17) is 4.52 Å². The molecule has 2 saturated heterocycles. The molecule has 8 heteroatoms. The Morgan fingerprint density at radius 1 is 1.12 bits per heavy atom. The van der Waals surface area contributed by atoms with Gasteiger partial charge in [-0.05, 0) is 32.6 Å². The number of piperazine rings is 1. The Labute approximate surface area is 144 Å². The summed E-state index contributed by atoms with van der Waals surface area (Å²) in [6, 6.07) is 0. The summed E-state index contributed by atoms with van der Waals surface area (Å²) in [5.74, 6) is 1.30. The molecule has 3 heterocycles. The first kappa shape index (κ1) is 17.8. The Morgan fingerprint density at radius 2 is 1.83 bits per heavy atom. The quantitative estimate of drug-likeness (QED) is 0.815. The van der Waals surface area contributed by atoms with Crippen molar-refractivity contribution < 1.29 is 12.9 Å². The fraction of sp³-hybridized carbons (Fsp3) is 0.812. The zero-order chi connectivity index (χ0) is 17.3. The molecule has 24 heavy (non-hydrogen) atoms. The normalized spacial score (nSPS) is 25.2. The first-order valence-electron chi connectivity index (χ1n) is 8.77. The fourth-order valence-corrected chi connectivity index (χ4v) is 5.34. The van der Waals surface area contributed by atoms with Crippen molar-refractivity contribution in [2.24, 2.45) is 5.92 Å². The summed E-state index contributed by atoms with van der Waals surface area (Å²) in [5, 5.41) is 3.99. The molecular weight excluding hydrogens is 328 g/mol. The number of nitrogens with zero attached hydrogens (tertiary/aromatic N) is 4. The van der Waals surface area contributed by atoms with Crippen LogP contribution in [-0.4, -0.2) is 66.4 Å². The van der Waals surface area contributed by atoms with E-state index in [0.29, 0.717) is 32.1 Å². The number of hydrogen-bond donors (Lipinski definition) is 0. The molecule has 2 fully saturated rings. The van der Waals surface area contributed by atoms with Gasteiger partial charge in [-0.2, -0.15) is 17.0 Å². The van der Waals surface area contributed by atoms with Crippen molar-refractivity contribution in [3.8, 4) is 0 Å². The smallest absolute Gasteiger partial charge is 0.282 e. The van der Waals surface area contributed by atoms with Crippen molar-refractivity contribution in [2.45, 2.75) is 40.2 Å². The Bertz CT molecular complexity index is 645. The van der Waals surface area contributed by atoms with Gasteiger partial charge in [-0.25, -0.2) is 0 Å². The van der Waals surface area contributed by atoms with Crippen LogP contribution in [0.3, 0.4) is 0 Å². The second-order valence-corrected chi connectivity index (χ2v) is 9.02. The predicted octanol–water partition coefficient (Wildman–Crippen LogP) is 1.39. The maximum absolute atomic E-state index is 12.8. The number of aromatic nitrogens is 1. The minimum Gasteiger partial charge on any atom is -0.361 e. The molecule has 0 bridgehead atoms. The topological polar surface area (TPSA) is 69.9 Å². The van der Waals surface area contributed by atoms with E-state index in [1.54, 1.807) is 8.61 Å². The Balaban J connectivity index is 1.58. The summed E-state index contributed by atoms with van der Waals surface area (Å²) in [5.41, 5.74) is 2.04.